The molecule has 2 aromatic rings. The van der Waals surface area contributed by atoms with Crippen LogP contribution in [0, 0.1) is 5.82 Å². The van der Waals surface area contributed by atoms with Crippen LogP contribution in [0.15, 0.2) is 53.4 Å². The molecule has 0 aliphatic rings. The average Bonchev–Trinajstić information content (AvgIpc) is 2.67. The van der Waals surface area contributed by atoms with Crippen LogP contribution in [0.5, 0.6) is 0 Å². The molecule has 2 N–H and O–H groups in total. The quantitative estimate of drug-likeness (QED) is 0.701. The number of anilines is 1. The van der Waals surface area contributed by atoms with Gasteiger partial charge in [0, 0.05) is 19.2 Å². The van der Waals surface area contributed by atoms with E-state index in [4.69, 9.17) is 0 Å². The summed E-state index contributed by atoms with van der Waals surface area (Å²) in [7, 11) is -2.64. The molecule has 28 heavy (non-hydrogen) atoms. The molecule has 0 fully saturated rings. The summed E-state index contributed by atoms with van der Waals surface area (Å²) in [4.78, 5) is 25.3. The van der Waals surface area contributed by atoms with Crippen molar-refractivity contribution < 1.29 is 22.4 Å². The molecule has 0 spiro atoms. The van der Waals surface area contributed by atoms with Crippen LogP contribution in [0.2, 0.25) is 0 Å². The highest BCUT2D eigenvalue weighted by molar-refractivity contribution is 7.92. The topological polar surface area (TPSA) is 95.6 Å². The van der Waals surface area contributed by atoms with E-state index in [-0.39, 0.29) is 28.6 Å². The number of halogens is 1. The lowest BCUT2D eigenvalue weighted by Gasteiger charge is -2.17. The van der Waals surface area contributed by atoms with E-state index >= 15 is 0 Å². The molecule has 0 bridgehead atoms. The number of rotatable bonds is 8. The van der Waals surface area contributed by atoms with Gasteiger partial charge in [-0.05, 0) is 36.8 Å². The van der Waals surface area contributed by atoms with Gasteiger partial charge in [0.25, 0.3) is 15.9 Å². The minimum absolute atomic E-state index is 0.0993. The normalized spacial score (nSPS) is 11.0. The van der Waals surface area contributed by atoms with Crippen LogP contribution in [0.4, 0.5) is 10.1 Å². The summed E-state index contributed by atoms with van der Waals surface area (Å²) in [5.41, 5.74) is -0.0915. The Morgan fingerprint density at radius 1 is 1.11 bits per heavy atom. The Kier molecular flexibility index (Phi) is 7.11. The molecular weight excluding hydrogens is 385 g/mol. The summed E-state index contributed by atoms with van der Waals surface area (Å²) in [6.07, 6.45) is 0.776. The first-order valence-electron chi connectivity index (χ1n) is 8.64. The van der Waals surface area contributed by atoms with Crippen LogP contribution in [0.25, 0.3) is 0 Å². The van der Waals surface area contributed by atoms with Crippen molar-refractivity contribution >= 4 is 27.5 Å². The molecule has 2 aromatic carbocycles. The smallest absolute Gasteiger partial charge is 0.262 e. The van der Waals surface area contributed by atoms with Crippen LogP contribution < -0.4 is 10.0 Å². The molecule has 0 aromatic heterocycles. The predicted octanol–water partition coefficient (Wildman–Crippen LogP) is 2.22. The van der Waals surface area contributed by atoms with Gasteiger partial charge in [0.05, 0.1) is 17.1 Å². The van der Waals surface area contributed by atoms with Gasteiger partial charge in [-0.2, -0.15) is 0 Å². The fraction of sp³-hybridized carbons (Fsp3) is 0.263. The molecule has 0 radical (unpaired) electrons. The largest absolute Gasteiger partial charge is 0.355 e. The summed E-state index contributed by atoms with van der Waals surface area (Å²) >= 11 is 0. The van der Waals surface area contributed by atoms with Gasteiger partial charge in [-0.1, -0.05) is 25.1 Å². The molecule has 0 aliphatic carbocycles. The Hall–Kier alpha value is -2.94. The summed E-state index contributed by atoms with van der Waals surface area (Å²) in [6.45, 7) is 2.27. The maximum absolute atomic E-state index is 13.7. The lowest BCUT2D eigenvalue weighted by atomic mass is 10.2. The Balaban J connectivity index is 2.17. The molecule has 0 aliphatic heterocycles. The molecule has 0 heterocycles. The first-order valence-corrected chi connectivity index (χ1v) is 10.1. The second-order valence-corrected chi connectivity index (χ2v) is 7.81. The number of carbonyl (C=O) groups is 2. The van der Waals surface area contributed by atoms with E-state index in [2.05, 4.69) is 10.0 Å². The van der Waals surface area contributed by atoms with Crippen molar-refractivity contribution in [3.05, 3.63) is 59.9 Å². The zero-order chi connectivity index (χ0) is 20.7. The molecule has 2 amide bonds. The highest BCUT2D eigenvalue weighted by Gasteiger charge is 2.20. The van der Waals surface area contributed by atoms with Gasteiger partial charge in [-0.3, -0.25) is 14.3 Å². The van der Waals surface area contributed by atoms with Crippen molar-refractivity contribution in [3.8, 4) is 0 Å². The fourth-order valence-electron chi connectivity index (χ4n) is 2.37. The standard InChI is InChI=1S/C19H22FN3O4S/c1-3-11-21-18(24)13-23(2)19(25)14-7-6-8-15(12-14)28(26,27)22-17-10-5-4-9-16(17)20/h4-10,12,22H,3,11,13H2,1-2H3,(H,21,24). The number of carbonyl (C=O) groups excluding carboxylic acids is 2. The summed E-state index contributed by atoms with van der Waals surface area (Å²) in [5.74, 6) is -1.52. The van der Waals surface area contributed by atoms with Crippen molar-refractivity contribution in [2.24, 2.45) is 0 Å². The maximum Gasteiger partial charge on any atom is 0.262 e. The molecule has 0 atom stereocenters. The van der Waals surface area contributed by atoms with Crippen LogP contribution in [0.3, 0.4) is 0 Å². The Morgan fingerprint density at radius 2 is 1.82 bits per heavy atom. The summed E-state index contributed by atoms with van der Waals surface area (Å²) < 4.78 is 41.0. The average molecular weight is 407 g/mol. The van der Waals surface area contributed by atoms with Gasteiger partial charge in [0.15, 0.2) is 0 Å². The highest BCUT2D eigenvalue weighted by atomic mass is 32.2. The minimum Gasteiger partial charge on any atom is -0.355 e. The van der Waals surface area contributed by atoms with E-state index in [1.54, 1.807) is 0 Å². The molecule has 150 valence electrons. The van der Waals surface area contributed by atoms with Crippen LogP contribution in [-0.2, 0) is 14.8 Å². The third-order valence-corrected chi connectivity index (χ3v) is 5.17. The zero-order valence-electron chi connectivity index (χ0n) is 15.6. The lowest BCUT2D eigenvalue weighted by molar-refractivity contribution is -0.121. The van der Waals surface area contributed by atoms with Gasteiger partial charge in [0.1, 0.15) is 5.82 Å². The SMILES string of the molecule is CCCNC(=O)CN(C)C(=O)c1cccc(S(=O)(=O)Nc2ccccc2F)c1. The molecule has 0 saturated heterocycles. The lowest BCUT2D eigenvalue weighted by Crippen LogP contribution is -2.38. The first kappa shape index (κ1) is 21.4. The number of sulfonamides is 1. The fourth-order valence-corrected chi connectivity index (χ4v) is 3.48. The number of amides is 2. The second kappa shape index (κ2) is 9.32. The Morgan fingerprint density at radius 3 is 2.50 bits per heavy atom. The van der Waals surface area contributed by atoms with E-state index in [0.29, 0.717) is 6.54 Å². The molecule has 0 saturated carbocycles. The van der Waals surface area contributed by atoms with Crippen LogP contribution in [-0.4, -0.2) is 45.3 Å². The van der Waals surface area contributed by atoms with Crippen molar-refractivity contribution in [1.29, 1.82) is 0 Å². The number of benzene rings is 2. The summed E-state index contributed by atoms with van der Waals surface area (Å²) in [5, 5.41) is 2.66. The molecule has 0 unspecified atom stereocenters. The zero-order valence-corrected chi connectivity index (χ0v) is 16.4. The third-order valence-electron chi connectivity index (χ3n) is 3.81. The van der Waals surface area contributed by atoms with E-state index in [0.717, 1.165) is 12.5 Å². The number of para-hydroxylation sites is 1. The molecule has 7 nitrogen and oxygen atoms in total. The summed E-state index contributed by atoms with van der Waals surface area (Å²) in [6, 6.07) is 10.7. The van der Waals surface area contributed by atoms with E-state index in [9.17, 15) is 22.4 Å². The number of hydrogen-bond acceptors (Lipinski definition) is 4. The van der Waals surface area contributed by atoms with E-state index < -0.39 is 21.7 Å². The number of nitrogens with one attached hydrogen (secondary N) is 2. The second-order valence-electron chi connectivity index (χ2n) is 6.12. The van der Waals surface area contributed by atoms with Crippen LogP contribution in [0.1, 0.15) is 23.7 Å². The van der Waals surface area contributed by atoms with Gasteiger partial charge < -0.3 is 10.2 Å². The molecular formula is C19H22FN3O4S. The molecule has 9 heteroatoms. The van der Waals surface area contributed by atoms with E-state index in [1.807, 2.05) is 6.92 Å². The van der Waals surface area contributed by atoms with Crippen molar-refractivity contribution in [1.82, 2.24) is 10.2 Å². The van der Waals surface area contributed by atoms with Gasteiger partial charge in [-0.25, -0.2) is 12.8 Å². The van der Waals surface area contributed by atoms with Gasteiger partial charge in [-0.15, -0.1) is 0 Å². The van der Waals surface area contributed by atoms with Crippen molar-refractivity contribution in [2.75, 3.05) is 24.9 Å². The first-order chi connectivity index (χ1) is 13.2. The van der Waals surface area contributed by atoms with Gasteiger partial charge >= 0.3 is 0 Å². The van der Waals surface area contributed by atoms with E-state index in [1.165, 1.54) is 54.4 Å². The number of hydrogen-bond donors (Lipinski definition) is 2. The van der Waals surface area contributed by atoms with Crippen molar-refractivity contribution in [2.45, 2.75) is 18.2 Å². The molecule has 2 rings (SSSR count). The Bertz CT molecular complexity index is 963. The third kappa shape index (κ3) is 5.53. The number of nitrogens with zero attached hydrogens (tertiary/aromatic N) is 1. The number of likely N-dealkylation sites (N-methyl/N-ethyl adjacent to an activating group) is 1. The van der Waals surface area contributed by atoms with Crippen LogP contribution >= 0.6 is 0 Å². The highest BCUT2D eigenvalue weighted by Crippen LogP contribution is 2.20. The minimum atomic E-state index is -4.09. The Labute approximate surface area is 163 Å². The monoisotopic (exact) mass is 407 g/mol. The maximum atomic E-state index is 13.7. The predicted molar refractivity (Wildman–Crippen MR) is 104 cm³/mol. The van der Waals surface area contributed by atoms with Gasteiger partial charge in [0.2, 0.25) is 5.91 Å². The van der Waals surface area contributed by atoms with Crippen molar-refractivity contribution in [3.63, 3.8) is 0 Å².